The number of anilines is 1. The number of benzene rings is 1. The van der Waals surface area contributed by atoms with Crippen LogP contribution in [-0.2, 0) is 15.1 Å². The van der Waals surface area contributed by atoms with Gasteiger partial charge in [-0.25, -0.2) is 4.98 Å². The van der Waals surface area contributed by atoms with Crippen LogP contribution in [0.2, 0.25) is 5.02 Å². The van der Waals surface area contributed by atoms with Crippen LogP contribution in [0.15, 0.2) is 54.9 Å². The first kappa shape index (κ1) is 29.8. The van der Waals surface area contributed by atoms with Gasteiger partial charge in [0.05, 0.1) is 40.6 Å². The van der Waals surface area contributed by atoms with E-state index in [4.69, 9.17) is 31.2 Å². The summed E-state index contributed by atoms with van der Waals surface area (Å²) in [4.78, 5) is 35.1. The highest BCUT2D eigenvalue weighted by atomic mass is 35.5. The van der Waals surface area contributed by atoms with Crippen LogP contribution in [0.3, 0.4) is 0 Å². The summed E-state index contributed by atoms with van der Waals surface area (Å²) in [6.07, 6.45) is 4.95. The fourth-order valence-electron chi connectivity index (χ4n) is 5.37. The molecule has 2 aliphatic rings. The van der Waals surface area contributed by atoms with Gasteiger partial charge in [-0.3, -0.25) is 14.6 Å². The van der Waals surface area contributed by atoms with Gasteiger partial charge in [0.25, 0.3) is 6.47 Å². The van der Waals surface area contributed by atoms with Gasteiger partial charge < -0.3 is 25.0 Å². The average Bonchev–Trinajstić information content (AvgIpc) is 2.97. The van der Waals surface area contributed by atoms with Crippen molar-refractivity contribution in [3.8, 4) is 23.2 Å². The molecule has 3 aromatic rings. The number of hydrogen-bond donors (Lipinski definition) is 2. The molecule has 0 spiro atoms. The molecule has 2 N–H and O–H groups in total. The van der Waals surface area contributed by atoms with Gasteiger partial charge in [-0.2, -0.15) is 5.26 Å². The number of rotatable bonds is 7. The molecule has 2 fully saturated rings. The smallest absolute Gasteiger partial charge is 0.290 e. The normalized spacial score (nSPS) is 16.4. The molecule has 0 atom stereocenters. The first-order valence-electron chi connectivity index (χ1n) is 13.4. The molecule has 5 rings (SSSR count). The van der Waals surface area contributed by atoms with Gasteiger partial charge in [0.2, 0.25) is 11.8 Å². The number of ether oxygens (including phenoxy) is 1. The maximum Gasteiger partial charge on any atom is 0.290 e. The number of carbonyl (C=O) groups is 2. The molecule has 2 saturated heterocycles. The van der Waals surface area contributed by atoms with Crippen molar-refractivity contribution in [1.29, 1.82) is 5.26 Å². The number of piperidine rings is 1. The van der Waals surface area contributed by atoms with Gasteiger partial charge >= 0.3 is 0 Å². The molecule has 11 heteroatoms. The number of carbonyl (C=O) groups excluding carboxylic acids is 1. The maximum absolute atomic E-state index is 13.3. The van der Waals surface area contributed by atoms with Crippen molar-refractivity contribution in [2.45, 2.75) is 25.3 Å². The van der Waals surface area contributed by atoms with E-state index in [1.54, 1.807) is 12.3 Å². The molecule has 0 unspecified atom stereocenters. The third-order valence-corrected chi connectivity index (χ3v) is 7.71. The lowest BCUT2D eigenvalue weighted by Gasteiger charge is -2.45. The van der Waals surface area contributed by atoms with E-state index in [1.807, 2.05) is 50.5 Å². The van der Waals surface area contributed by atoms with E-state index in [1.165, 1.54) is 0 Å². The molecule has 0 radical (unpaired) electrons. The van der Waals surface area contributed by atoms with Crippen LogP contribution in [0.4, 0.5) is 5.69 Å². The molecule has 2 aliphatic heterocycles. The van der Waals surface area contributed by atoms with Crippen LogP contribution < -0.4 is 15.0 Å². The Morgan fingerprint density at radius 1 is 1.24 bits per heavy atom. The van der Waals surface area contributed by atoms with Gasteiger partial charge in [0.15, 0.2) is 0 Å². The summed E-state index contributed by atoms with van der Waals surface area (Å²) in [5, 5.41) is 20.5. The fraction of sp³-hybridized carbons (Fsp3) is 0.367. The molecule has 214 valence electrons. The highest BCUT2D eigenvalue weighted by Gasteiger charge is 2.41. The summed E-state index contributed by atoms with van der Waals surface area (Å²) in [6.45, 7) is 5.09. The molecular formula is C30H33ClN6O4. The van der Waals surface area contributed by atoms with Gasteiger partial charge in [0, 0.05) is 43.6 Å². The summed E-state index contributed by atoms with van der Waals surface area (Å²) in [7, 11) is 2.02. The quantitative estimate of drug-likeness (QED) is 0.401. The lowest BCUT2D eigenvalue weighted by atomic mass is 9.80. The first-order valence-corrected chi connectivity index (χ1v) is 13.8. The van der Waals surface area contributed by atoms with E-state index in [9.17, 15) is 10.1 Å². The Morgan fingerprint density at radius 3 is 2.59 bits per heavy atom. The Kier molecular flexibility index (Phi) is 9.76. The summed E-state index contributed by atoms with van der Waals surface area (Å²) in [6, 6.07) is 15.5. The fourth-order valence-corrected chi connectivity index (χ4v) is 5.54. The van der Waals surface area contributed by atoms with Crippen LogP contribution in [0.25, 0.3) is 11.3 Å². The van der Waals surface area contributed by atoms with Gasteiger partial charge in [-0.05, 0) is 68.8 Å². The van der Waals surface area contributed by atoms with Crippen LogP contribution in [0.1, 0.15) is 30.9 Å². The zero-order valence-electron chi connectivity index (χ0n) is 23.1. The van der Waals surface area contributed by atoms with E-state index < -0.39 is 5.54 Å². The van der Waals surface area contributed by atoms with Gasteiger partial charge in [-0.15, -0.1) is 0 Å². The number of pyridine rings is 2. The van der Waals surface area contributed by atoms with E-state index in [0.29, 0.717) is 49.0 Å². The SMILES string of the molecule is CCOc1ncccc1-c1ccc(C2(NC(=O)C3CN(C)C3)CCN(c3ccc(Cl)cc3C#N)CC2)cn1.O=CO. The van der Waals surface area contributed by atoms with Crippen molar-refractivity contribution in [1.82, 2.24) is 20.2 Å². The predicted octanol–water partition coefficient (Wildman–Crippen LogP) is 3.94. The molecule has 0 bridgehead atoms. The largest absolute Gasteiger partial charge is 0.483 e. The Hall–Kier alpha value is -4.20. The summed E-state index contributed by atoms with van der Waals surface area (Å²) in [5.74, 6) is 0.625. The molecule has 10 nitrogen and oxygen atoms in total. The van der Waals surface area contributed by atoms with Crippen molar-refractivity contribution in [3.05, 3.63) is 71.0 Å². The standard InChI is InChI=1S/C29H31ClN6O2.CH2O2/c1-3-38-28-24(5-4-12-32-28)25-8-6-22(17-33-25)29(34-27(37)21-18-35(2)19-21)10-13-36(14-11-29)26-9-7-23(30)15-20(26)16-31;2-1-3/h4-9,12,15,17,21H,3,10-11,13-14,18-19H2,1-2H3,(H,34,37);1H,(H,2,3). The van der Waals surface area contributed by atoms with Crippen molar-refractivity contribution >= 4 is 29.7 Å². The topological polar surface area (TPSA) is 132 Å². The zero-order valence-corrected chi connectivity index (χ0v) is 23.8. The average molecular weight is 577 g/mol. The van der Waals surface area contributed by atoms with Crippen molar-refractivity contribution in [2.24, 2.45) is 5.92 Å². The highest BCUT2D eigenvalue weighted by molar-refractivity contribution is 6.30. The molecule has 0 aliphatic carbocycles. The Balaban J connectivity index is 0.00000124. The number of carboxylic acid groups (broad SMARTS) is 1. The van der Waals surface area contributed by atoms with Crippen LogP contribution in [0.5, 0.6) is 5.88 Å². The second-order valence-corrected chi connectivity index (χ2v) is 10.5. The number of nitrogens with one attached hydrogen (secondary N) is 1. The number of nitriles is 1. The minimum Gasteiger partial charge on any atom is -0.483 e. The maximum atomic E-state index is 13.3. The second-order valence-electron chi connectivity index (χ2n) is 10.1. The molecule has 1 aromatic carbocycles. The van der Waals surface area contributed by atoms with E-state index >= 15 is 0 Å². The van der Waals surface area contributed by atoms with E-state index in [-0.39, 0.29) is 18.3 Å². The molecular weight excluding hydrogens is 544 g/mol. The van der Waals surface area contributed by atoms with Gasteiger partial charge in [-0.1, -0.05) is 17.7 Å². The zero-order chi connectivity index (χ0) is 29.4. The lowest BCUT2D eigenvalue weighted by Crippen LogP contribution is -2.59. The number of amides is 1. The lowest BCUT2D eigenvalue weighted by molar-refractivity contribution is -0.132. The van der Waals surface area contributed by atoms with Crippen molar-refractivity contribution < 1.29 is 19.4 Å². The second kappa shape index (κ2) is 13.4. The predicted molar refractivity (Wildman–Crippen MR) is 156 cm³/mol. The van der Waals surface area contributed by atoms with E-state index in [2.05, 4.69) is 32.2 Å². The number of aromatic nitrogens is 2. The Labute approximate surface area is 244 Å². The number of hydrogen-bond acceptors (Lipinski definition) is 8. The number of halogens is 1. The van der Waals surface area contributed by atoms with Crippen LogP contribution in [-0.4, -0.2) is 72.2 Å². The Bertz CT molecular complexity index is 1400. The monoisotopic (exact) mass is 576 g/mol. The number of nitrogens with zero attached hydrogens (tertiary/aromatic N) is 5. The third kappa shape index (κ3) is 6.76. The minimum atomic E-state index is -0.551. The first-order chi connectivity index (χ1) is 19.8. The molecule has 2 aromatic heterocycles. The molecule has 4 heterocycles. The molecule has 0 saturated carbocycles. The summed E-state index contributed by atoms with van der Waals surface area (Å²) >= 11 is 6.12. The molecule has 1 amide bonds. The third-order valence-electron chi connectivity index (χ3n) is 7.48. The van der Waals surface area contributed by atoms with E-state index in [0.717, 1.165) is 35.6 Å². The van der Waals surface area contributed by atoms with Crippen LogP contribution in [0, 0.1) is 17.2 Å². The van der Waals surface area contributed by atoms with Crippen LogP contribution >= 0.6 is 11.6 Å². The van der Waals surface area contributed by atoms with Crippen molar-refractivity contribution in [3.63, 3.8) is 0 Å². The summed E-state index contributed by atoms with van der Waals surface area (Å²) in [5.41, 5.74) is 3.44. The van der Waals surface area contributed by atoms with Crippen molar-refractivity contribution in [2.75, 3.05) is 44.7 Å². The minimum absolute atomic E-state index is 0.00672. The highest BCUT2D eigenvalue weighted by Crippen LogP contribution is 2.37. The van der Waals surface area contributed by atoms with Gasteiger partial charge in [0.1, 0.15) is 6.07 Å². The number of likely N-dealkylation sites (tertiary alicyclic amines) is 1. The Morgan fingerprint density at radius 2 is 1.98 bits per heavy atom. The molecule has 41 heavy (non-hydrogen) atoms. The summed E-state index contributed by atoms with van der Waals surface area (Å²) < 4.78 is 5.70.